The summed E-state index contributed by atoms with van der Waals surface area (Å²) in [6.45, 7) is 3.66. The molecular weight excluding hydrogens is 264 g/mol. The summed E-state index contributed by atoms with van der Waals surface area (Å²) >= 11 is 0. The largest absolute Gasteiger partial charge is 0.480 e. The number of carboxylic acids is 1. The van der Waals surface area contributed by atoms with Crippen LogP contribution in [0.3, 0.4) is 0 Å². The molecule has 2 rings (SSSR count). The summed E-state index contributed by atoms with van der Waals surface area (Å²) < 4.78 is 5.02. The van der Waals surface area contributed by atoms with Crippen molar-refractivity contribution < 1.29 is 24.3 Å². The van der Waals surface area contributed by atoms with Gasteiger partial charge in [0.05, 0.1) is 11.8 Å². The fourth-order valence-electron chi connectivity index (χ4n) is 2.56. The molecule has 110 valence electrons. The van der Waals surface area contributed by atoms with Crippen LogP contribution in [0.4, 0.5) is 0 Å². The predicted octanol–water partition coefficient (Wildman–Crippen LogP) is 0.270. The summed E-state index contributed by atoms with van der Waals surface area (Å²) in [5.74, 6) is -0.673. The zero-order valence-electron chi connectivity index (χ0n) is 11.5. The van der Waals surface area contributed by atoms with E-state index in [2.05, 4.69) is 5.16 Å². The third-order valence-electron chi connectivity index (χ3n) is 3.65. The number of β-amino-alcohol motifs (C(OH)–C–C–N with tert-alkyl or cyclic N) is 1. The Kier molecular flexibility index (Phi) is 4.08. The zero-order chi connectivity index (χ0) is 14.9. The second kappa shape index (κ2) is 5.62. The highest BCUT2D eigenvalue weighted by Gasteiger charge is 2.38. The van der Waals surface area contributed by atoms with Gasteiger partial charge in [-0.1, -0.05) is 5.16 Å². The summed E-state index contributed by atoms with van der Waals surface area (Å²) in [5, 5.41) is 22.4. The molecule has 1 aromatic rings. The molecule has 7 nitrogen and oxygen atoms in total. The molecule has 0 saturated carbocycles. The van der Waals surface area contributed by atoms with Crippen molar-refractivity contribution in [1.82, 2.24) is 10.1 Å². The fourth-order valence-corrected chi connectivity index (χ4v) is 2.56. The van der Waals surface area contributed by atoms with Crippen molar-refractivity contribution in [2.45, 2.75) is 45.3 Å². The van der Waals surface area contributed by atoms with Gasteiger partial charge in [0.1, 0.15) is 11.8 Å². The minimum atomic E-state index is -1.08. The summed E-state index contributed by atoms with van der Waals surface area (Å²) in [4.78, 5) is 24.4. The highest BCUT2D eigenvalue weighted by atomic mass is 16.5. The number of hydrogen-bond donors (Lipinski definition) is 2. The molecule has 0 radical (unpaired) electrons. The number of carboxylic acid groups (broad SMARTS) is 1. The maximum absolute atomic E-state index is 12.1. The predicted molar refractivity (Wildman–Crippen MR) is 68.1 cm³/mol. The van der Waals surface area contributed by atoms with Crippen LogP contribution < -0.4 is 0 Å². The molecule has 1 fully saturated rings. The van der Waals surface area contributed by atoms with Gasteiger partial charge in [-0.15, -0.1) is 0 Å². The maximum Gasteiger partial charge on any atom is 0.326 e. The van der Waals surface area contributed by atoms with Crippen molar-refractivity contribution in [3.05, 3.63) is 17.0 Å². The van der Waals surface area contributed by atoms with Crippen LogP contribution in [-0.4, -0.2) is 50.8 Å². The molecule has 20 heavy (non-hydrogen) atoms. The summed E-state index contributed by atoms with van der Waals surface area (Å²) in [7, 11) is 0. The van der Waals surface area contributed by atoms with E-state index in [1.54, 1.807) is 13.8 Å². The van der Waals surface area contributed by atoms with Gasteiger partial charge >= 0.3 is 5.97 Å². The summed E-state index contributed by atoms with van der Waals surface area (Å²) in [6.07, 6.45) is -0.0378. The standard InChI is InChI=1S/C13H18N2O5/c1-7-10(8(2)20-14-7)3-4-12(17)15-6-9(16)5-11(15)13(18)19/h9,11,16H,3-6H2,1-2H3,(H,18,19)/t9-,11+/m1/s1. The SMILES string of the molecule is Cc1noc(C)c1CCC(=O)N1C[C@H](O)C[C@H]1C(=O)O. The van der Waals surface area contributed by atoms with Gasteiger partial charge in [-0.3, -0.25) is 4.79 Å². The second-order valence-electron chi connectivity index (χ2n) is 5.09. The van der Waals surface area contributed by atoms with Gasteiger partial charge < -0.3 is 19.6 Å². The van der Waals surface area contributed by atoms with Gasteiger partial charge in [-0.2, -0.15) is 0 Å². The Morgan fingerprint density at radius 3 is 2.70 bits per heavy atom. The smallest absolute Gasteiger partial charge is 0.326 e. The van der Waals surface area contributed by atoms with Gasteiger partial charge in [0.25, 0.3) is 0 Å². The average Bonchev–Trinajstić information content (AvgIpc) is 2.91. The highest BCUT2D eigenvalue weighted by Crippen LogP contribution is 2.21. The number of aliphatic hydroxyl groups is 1. The number of likely N-dealkylation sites (tertiary alicyclic amines) is 1. The normalized spacial score (nSPS) is 22.2. The Morgan fingerprint density at radius 2 is 2.15 bits per heavy atom. The van der Waals surface area contributed by atoms with E-state index < -0.39 is 18.1 Å². The minimum absolute atomic E-state index is 0.0808. The molecule has 1 saturated heterocycles. The van der Waals surface area contributed by atoms with Crippen LogP contribution in [0.2, 0.25) is 0 Å². The topological polar surface area (TPSA) is 104 Å². The molecular formula is C13H18N2O5. The lowest BCUT2D eigenvalue weighted by Crippen LogP contribution is -2.40. The molecule has 7 heteroatoms. The first-order valence-electron chi connectivity index (χ1n) is 6.52. The molecule has 1 amide bonds. The van der Waals surface area contributed by atoms with E-state index in [9.17, 15) is 14.7 Å². The van der Waals surface area contributed by atoms with Gasteiger partial charge in [0.15, 0.2) is 0 Å². The average molecular weight is 282 g/mol. The second-order valence-corrected chi connectivity index (χ2v) is 5.09. The third kappa shape index (κ3) is 2.82. The van der Waals surface area contributed by atoms with E-state index in [1.165, 1.54) is 4.90 Å². The summed E-state index contributed by atoms with van der Waals surface area (Å²) in [6, 6.07) is -0.929. The monoisotopic (exact) mass is 282 g/mol. The zero-order valence-corrected chi connectivity index (χ0v) is 11.5. The van der Waals surface area contributed by atoms with Crippen LogP contribution >= 0.6 is 0 Å². The Labute approximate surface area is 116 Å². The van der Waals surface area contributed by atoms with Crippen molar-refractivity contribution in [3.63, 3.8) is 0 Å². The Morgan fingerprint density at radius 1 is 1.45 bits per heavy atom. The van der Waals surface area contributed by atoms with E-state index >= 15 is 0 Å². The van der Waals surface area contributed by atoms with Crippen LogP contribution in [-0.2, 0) is 16.0 Å². The molecule has 0 aromatic carbocycles. The van der Waals surface area contributed by atoms with E-state index in [0.29, 0.717) is 12.2 Å². The minimum Gasteiger partial charge on any atom is -0.480 e. The van der Waals surface area contributed by atoms with Crippen LogP contribution in [0.1, 0.15) is 29.9 Å². The lowest BCUT2D eigenvalue weighted by Gasteiger charge is -2.21. The number of aryl methyl sites for hydroxylation is 2. The number of amides is 1. The van der Waals surface area contributed by atoms with Gasteiger partial charge in [0.2, 0.25) is 5.91 Å². The number of aliphatic hydroxyl groups excluding tert-OH is 1. The van der Waals surface area contributed by atoms with Crippen LogP contribution in [0.5, 0.6) is 0 Å². The molecule has 1 aromatic heterocycles. The summed E-state index contributed by atoms with van der Waals surface area (Å²) in [5.41, 5.74) is 1.62. The highest BCUT2D eigenvalue weighted by molar-refractivity contribution is 5.84. The van der Waals surface area contributed by atoms with Crippen molar-refractivity contribution in [1.29, 1.82) is 0 Å². The number of aromatic nitrogens is 1. The van der Waals surface area contributed by atoms with Gasteiger partial charge in [-0.25, -0.2) is 4.79 Å². The number of carbonyl (C=O) groups excluding carboxylic acids is 1. The maximum atomic E-state index is 12.1. The van der Waals surface area contributed by atoms with Crippen molar-refractivity contribution in [3.8, 4) is 0 Å². The fraction of sp³-hybridized carbons (Fsp3) is 0.615. The third-order valence-corrected chi connectivity index (χ3v) is 3.65. The number of aliphatic carboxylic acids is 1. The lowest BCUT2D eigenvalue weighted by atomic mass is 10.1. The quantitative estimate of drug-likeness (QED) is 0.821. The molecule has 0 spiro atoms. The molecule has 0 aliphatic carbocycles. The first-order chi connectivity index (χ1) is 9.40. The van der Waals surface area contributed by atoms with Crippen molar-refractivity contribution in [2.75, 3.05) is 6.54 Å². The Hall–Kier alpha value is -1.89. The molecule has 0 bridgehead atoms. The molecule has 2 atom stereocenters. The molecule has 0 unspecified atom stereocenters. The van der Waals surface area contributed by atoms with E-state index in [0.717, 1.165) is 11.3 Å². The van der Waals surface area contributed by atoms with Crippen molar-refractivity contribution >= 4 is 11.9 Å². The van der Waals surface area contributed by atoms with E-state index in [4.69, 9.17) is 9.63 Å². The molecule has 2 heterocycles. The first-order valence-corrected chi connectivity index (χ1v) is 6.52. The van der Waals surface area contributed by atoms with Crippen LogP contribution in [0, 0.1) is 13.8 Å². The van der Waals surface area contributed by atoms with Crippen LogP contribution in [0.25, 0.3) is 0 Å². The van der Waals surface area contributed by atoms with E-state index in [-0.39, 0.29) is 25.3 Å². The van der Waals surface area contributed by atoms with Gasteiger partial charge in [-0.05, 0) is 20.3 Å². The number of rotatable bonds is 4. The van der Waals surface area contributed by atoms with Crippen LogP contribution in [0.15, 0.2) is 4.52 Å². The van der Waals surface area contributed by atoms with E-state index in [1.807, 2.05) is 0 Å². The Bertz CT molecular complexity index is 505. The Balaban J connectivity index is 2.00. The number of hydrogen-bond acceptors (Lipinski definition) is 5. The lowest BCUT2D eigenvalue weighted by molar-refractivity contribution is -0.148. The van der Waals surface area contributed by atoms with Crippen molar-refractivity contribution in [2.24, 2.45) is 0 Å². The molecule has 2 N–H and O–H groups in total. The molecule has 1 aliphatic rings. The van der Waals surface area contributed by atoms with Gasteiger partial charge in [0, 0.05) is 24.9 Å². The number of carbonyl (C=O) groups is 2. The first kappa shape index (κ1) is 14.5. The molecule has 1 aliphatic heterocycles. The number of nitrogens with zero attached hydrogens (tertiary/aromatic N) is 2.